The molecule has 21 heavy (non-hydrogen) atoms. The van der Waals surface area contributed by atoms with E-state index in [1.807, 2.05) is 42.5 Å². The highest BCUT2D eigenvalue weighted by Crippen LogP contribution is 2.27. The van der Waals surface area contributed by atoms with Crippen molar-refractivity contribution in [2.24, 2.45) is 0 Å². The minimum atomic E-state index is 0.860. The van der Waals surface area contributed by atoms with Crippen molar-refractivity contribution in [2.75, 3.05) is 7.11 Å². The number of aromatic amines is 1. The first-order chi connectivity index (χ1) is 10.3. The third kappa shape index (κ3) is 2.03. The number of para-hydroxylation sites is 1. The predicted octanol–water partition coefficient (Wildman–Crippen LogP) is 4.39. The molecule has 4 rings (SSSR count). The van der Waals surface area contributed by atoms with E-state index in [9.17, 15) is 0 Å². The largest absolute Gasteiger partial charge is 0.497 e. The molecular weight excluding hydrogens is 260 g/mol. The lowest BCUT2D eigenvalue weighted by atomic mass is 10.1. The van der Waals surface area contributed by atoms with Gasteiger partial charge in [0.25, 0.3) is 0 Å². The lowest BCUT2D eigenvalue weighted by Gasteiger charge is -2.00. The van der Waals surface area contributed by atoms with Crippen molar-refractivity contribution >= 4 is 21.9 Å². The van der Waals surface area contributed by atoms with Crippen LogP contribution in [0.1, 0.15) is 0 Å². The molecule has 0 atom stereocenters. The van der Waals surface area contributed by atoms with E-state index in [2.05, 4.69) is 28.2 Å². The summed E-state index contributed by atoms with van der Waals surface area (Å²) >= 11 is 0. The molecule has 0 radical (unpaired) electrons. The fourth-order valence-corrected chi connectivity index (χ4v) is 2.59. The van der Waals surface area contributed by atoms with Crippen molar-refractivity contribution in [2.45, 2.75) is 0 Å². The number of rotatable bonds is 2. The van der Waals surface area contributed by atoms with Gasteiger partial charge in [-0.1, -0.05) is 18.2 Å². The highest BCUT2D eigenvalue weighted by molar-refractivity contribution is 5.93. The van der Waals surface area contributed by atoms with Gasteiger partial charge in [-0.2, -0.15) is 0 Å². The molecule has 0 aliphatic carbocycles. The van der Waals surface area contributed by atoms with Crippen LogP contribution in [0.25, 0.3) is 33.2 Å². The number of pyridine rings is 1. The van der Waals surface area contributed by atoms with Gasteiger partial charge in [-0.15, -0.1) is 0 Å². The van der Waals surface area contributed by atoms with E-state index < -0.39 is 0 Å². The number of ether oxygens (including phenoxy) is 1. The Kier molecular flexibility index (Phi) is 2.64. The Morgan fingerprint density at radius 3 is 2.52 bits per heavy atom. The molecule has 0 unspecified atom stereocenters. The Balaban J connectivity index is 1.87. The lowest BCUT2D eigenvalue weighted by molar-refractivity contribution is 0.415. The summed E-state index contributed by atoms with van der Waals surface area (Å²) in [7, 11) is 1.67. The van der Waals surface area contributed by atoms with Gasteiger partial charge in [0.2, 0.25) is 0 Å². The van der Waals surface area contributed by atoms with Crippen LogP contribution in [0.4, 0.5) is 0 Å². The molecule has 0 aliphatic rings. The Morgan fingerprint density at radius 1 is 0.905 bits per heavy atom. The molecule has 0 spiro atoms. The van der Waals surface area contributed by atoms with Crippen molar-refractivity contribution in [3.8, 4) is 17.0 Å². The van der Waals surface area contributed by atoms with Gasteiger partial charge in [0.1, 0.15) is 11.4 Å². The quantitative estimate of drug-likeness (QED) is 0.588. The molecule has 0 aliphatic heterocycles. The molecule has 0 saturated carbocycles. The third-order valence-corrected chi connectivity index (χ3v) is 3.71. The minimum Gasteiger partial charge on any atom is -0.497 e. The second-order valence-electron chi connectivity index (χ2n) is 5.03. The molecule has 2 aromatic carbocycles. The summed E-state index contributed by atoms with van der Waals surface area (Å²) in [6.45, 7) is 0. The molecule has 0 amide bonds. The first kappa shape index (κ1) is 12.0. The molecule has 2 aromatic heterocycles. The number of hydrogen-bond acceptors (Lipinski definition) is 2. The average Bonchev–Trinajstić information content (AvgIpc) is 2.95. The first-order valence-electron chi connectivity index (χ1n) is 6.86. The number of benzene rings is 2. The molecule has 3 heteroatoms. The molecule has 102 valence electrons. The van der Waals surface area contributed by atoms with Crippen LogP contribution >= 0.6 is 0 Å². The van der Waals surface area contributed by atoms with Crippen LogP contribution in [0, 0.1) is 0 Å². The van der Waals surface area contributed by atoms with Crippen LogP contribution in [0.3, 0.4) is 0 Å². The smallest absolute Gasteiger partial charge is 0.138 e. The zero-order chi connectivity index (χ0) is 14.2. The molecule has 0 bridgehead atoms. The van der Waals surface area contributed by atoms with E-state index in [4.69, 9.17) is 4.74 Å². The number of nitrogens with zero attached hydrogens (tertiary/aromatic N) is 1. The van der Waals surface area contributed by atoms with E-state index in [0.29, 0.717) is 0 Å². The number of H-pyrrole nitrogens is 1. The second-order valence-corrected chi connectivity index (χ2v) is 5.03. The predicted molar refractivity (Wildman–Crippen MR) is 85.6 cm³/mol. The average molecular weight is 274 g/mol. The SMILES string of the molecule is COc1ccc(-c2cc3cc4ccccc4nc3[nH]2)cc1. The zero-order valence-electron chi connectivity index (χ0n) is 11.6. The number of aromatic nitrogens is 2. The number of fused-ring (bicyclic) bond motifs is 2. The summed E-state index contributed by atoms with van der Waals surface area (Å²) in [5.74, 6) is 0.860. The number of nitrogens with one attached hydrogen (secondary N) is 1. The summed E-state index contributed by atoms with van der Waals surface area (Å²) in [5.41, 5.74) is 4.11. The normalized spacial score (nSPS) is 11.1. The number of methoxy groups -OCH3 is 1. The van der Waals surface area contributed by atoms with Crippen LogP contribution in [-0.2, 0) is 0 Å². The van der Waals surface area contributed by atoms with E-state index >= 15 is 0 Å². The van der Waals surface area contributed by atoms with Gasteiger partial charge in [0, 0.05) is 16.5 Å². The summed E-state index contributed by atoms with van der Waals surface area (Å²) < 4.78 is 5.19. The summed E-state index contributed by atoms with van der Waals surface area (Å²) in [5, 5.41) is 2.28. The Hall–Kier alpha value is -2.81. The molecule has 3 nitrogen and oxygen atoms in total. The Bertz CT molecular complexity index is 870. The van der Waals surface area contributed by atoms with Crippen molar-refractivity contribution in [1.82, 2.24) is 9.97 Å². The molecule has 4 aromatic rings. The van der Waals surface area contributed by atoms with Crippen LogP contribution in [0.15, 0.2) is 60.7 Å². The number of hydrogen-bond donors (Lipinski definition) is 1. The van der Waals surface area contributed by atoms with Gasteiger partial charge in [0.05, 0.1) is 12.6 Å². The summed E-state index contributed by atoms with van der Waals surface area (Å²) in [6.07, 6.45) is 0. The van der Waals surface area contributed by atoms with Crippen LogP contribution in [-0.4, -0.2) is 17.1 Å². The fourth-order valence-electron chi connectivity index (χ4n) is 2.59. The van der Waals surface area contributed by atoms with Gasteiger partial charge >= 0.3 is 0 Å². The Labute approximate surface area is 122 Å². The maximum atomic E-state index is 5.19. The van der Waals surface area contributed by atoms with Crippen molar-refractivity contribution in [1.29, 1.82) is 0 Å². The summed E-state index contributed by atoms with van der Waals surface area (Å²) in [6, 6.07) is 20.5. The minimum absolute atomic E-state index is 0.860. The van der Waals surface area contributed by atoms with Crippen molar-refractivity contribution in [3.63, 3.8) is 0 Å². The van der Waals surface area contributed by atoms with E-state index in [0.717, 1.165) is 38.9 Å². The third-order valence-electron chi connectivity index (χ3n) is 3.71. The van der Waals surface area contributed by atoms with Crippen molar-refractivity contribution in [3.05, 3.63) is 60.7 Å². The van der Waals surface area contributed by atoms with E-state index in [1.54, 1.807) is 7.11 Å². The van der Waals surface area contributed by atoms with E-state index in [-0.39, 0.29) is 0 Å². The molecule has 0 saturated heterocycles. The first-order valence-corrected chi connectivity index (χ1v) is 6.86. The van der Waals surface area contributed by atoms with Gasteiger partial charge in [-0.25, -0.2) is 4.98 Å². The van der Waals surface area contributed by atoms with Gasteiger partial charge in [-0.3, -0.25) is 0 Å². The highest BCUT2D eigenvalue weighted by Gasteiger charge is 2.06. The standard InChI is InChI=1S/C18H14N2O/c1-21-15-8-6-12(7-9-15)17-11-14-10-13-4-2-3-5-16(13)19-18(14)20-17/h2-11H,1H3,(H,19,20). The van der Waals surface area contributed by atoms with Gasteiger partial charge < -0.3 is 9.72 Å². The summed E-state index contributed by atoms with van der Waals surface area (Å²) in [4.78, 5) is 8.07. The molecule has 1 N–H and O–H groups in total. The second kappa shape index (κ2) is 4.63. The van der Waals surface area contributed by atoms with E-state index in [1.165, 1.54) is 0 Å². The van der Waals surface area contributed by atoms with Gasteiger partial charge in [0.15, 0.2) is 0 Å². The monoisotopic (exact) mass is 274 g/mol. The van der Waals surface area contributed by atoms with Crippen molar-refractivity contribution < 1.29 is 4.74 Å². The van der Waals surface area contributed by atoms with Crippen LogP contribution < -0.4 is 4.74 Å². The lowest BCUT2D eigenvalue weighted by Crippen LogP contribution is -1.83. The molecule has 0 fully saturated rings. The fraction of sp³-hybridized carbons (Fsp3) is 0.0556. The van der Waals surface area contributed by atoms with Crippen LogP contribution in [0.2, 0.25) is 0 Å². The maximum absolute atomic E-state index is 5.19. The maximum Gasteiger partial charge on any atom is 0.138 e. The van der Waals surface area contributed by atoms with Gasteiger partial charge in [-0.05, 0) is 48.0 Å². The topological polar surface area (TPSA) is 37.9 Å². The zero-order valence-corrected chi connectivity index (χ0v) is 11.6. The highest BCUT2D eigenvalue weighted by atomic mass is 16.5. The molecular formula is C18H14N2O. The Morgan fingerprint density at radius 2 is 1.71 bits per heavy atom. The molecule has 2 heterocycles. The van der Waals surface area contributed by atoms with Crippen LogP contribution in [0.5, 0.6) is 5.75 Å².